The fourth-order valence-corrected chi connectivity index (χ4v) is 3.30. The number of anilines is 1. The van der Waals surface area contributed by atoms with E-state index in [0.717, 1.165) is 5.01 Å². The van der Waals surface area contributed by atoms with Crippen molar-refractivity contribution in [1.29, 1.82) is 0 Å². The summed E-state index contributed by atoms with van der Waals surface area (Å²) in [6.07, 6.45) is 2.32. The average Bonchev–Trinajstić information content (AvgIpc) is 3.13. The van der Waals surface area contributed by atoms with Crippen molar-refractivity contribution in [3.63, 3.8) is 0 Å². The maximum absolute atomic E-state index is 12.5. The third-order valence-electron chi connectivity index (χ3n) is 3.58. The predicted octanol–water partition coefficient (Wildman–Crippen LogP) is 3.04. The maximum Gasteiger partial charge on any atom is 0.267 e. The second-order valence-electron chi connectivity index (χ2n) is 5.33. The highest BCUT2D eigenvalue weighted by atomic mass is 32.1. The van der Waals surface area contributed by atoms with Gasteiger partial charge in [0.1, 0.15) is 10.6 Å². The number of benzene rings is 1. The lowest BCUT2D eigenvalue weighted by atomic mass is 10.2. The Kier molecular flexibility index (Phi) is 4.61. The van der Waals surface area contributed by atoms with Crippen LogP contribution in [0.5, 0.6) is 5.88 Å². The summed E-state index contributed by atoms with van der Waals surface area (Å²) in [5.41, 5.74) is 2.46. The summed E-state index contributed by atoms with van der Waals surface area (Å²) >= 11 is 1.39. The van der Waals surface area contributed by atoms with Crippen molar-refractivity contribution in [2.24, 2.45) is 7.05 Å². The Morgan fingerprint density at radius 2 is 2.08 bits per heavy atom. The molecule has 0 aliphatic rings. The molecule has 1 aromatic carbocycles. The number of hydrogen-bond donors (Lipinski definition) is 1. The topological polar surface area (TPSA) is 69.0 Å². The monoisotopic (exact) mass is 342 g/mol. The van der Waals surface area contributed by atoms with Crippen LogP contribution in [0, 0.1) is 6.92 Å². The molecule has 124 valence electrons. The van der Waals surface area contributed by atoms with E-state index in [1.54, 1.807) is 25.0 Å². The van der Waals surface area contributed by atoms with Crippen LogP contribution in [0.3, 0.4) is 0 Å². The number of aromatic nitrogens is 3. The van der Waals surface area contributed by atoms with Gasteiger partial charge in [-0.25, -0.2) is 9.67 Å². The van der Waals surface area contributed by atoms with Crippen LogP contribution in [0.25, 0.3) is 0 Å². The van der Waals surface area contributed by atoms with E-state index in [2.05, 4.69) is 15.4 Å². The van der Waals surface area contributed by atoms with Gasteiger partial charge in [0.05, 0.1) is 24.0 Å². The number of nitrogens with zero attached hydrogens (tertiary/aromatic N) is 3. The van der Waals surface area contributed by atoms with E-state index < -0.39 is 0 Å². The molecule has 3 rings (SSSR count). The molecule has 6 nitrogen and oxygen atoms in total. The molecule has 0 aliphatic carbocycles. The highest BCUT2D eigenvalue weighted by molar-refractivity contribution is 7.13. The molecule has 1 amide bonds. The van der Waals surface area contributed by atoms with Crippen LogP contribution < -0.4 is 10.1 Å². The van der Waals surface area contributed by atoms with E-state index in [9.17, 15) is 4.79 Å². The quantitative estimate of drug-likeness (QED) is 0.774. The number of thiazole rings is 1. The van der Waals surface area contributed by atoms with Crippen LogP contribution in [0.4, 0.5) is 5.69 Å². The van der Waals surface area contributed by atoms with Crippen molar-refractivity contribution in [3.05, 3.63) is 57.7 Å². The zero-order chi connectivity index (χ0) is 17.1. The largest absolute Gasteiger partial charge is 0.480 e. The molecule has 0 saturated carbocycles. The van der Waals surface area contributed by atoms with Gasteiger partial charge in [-0.05, 0) is 12.5 Å². The molecule has 0 unspecified atom stereocenters. The fraction of sp³-hybridized carbons (Fsp3) is 0.235. The molecule has 0 fully saturated rings. The van der Waals surface area contributed by atoms with E-state index in [1.165, 1.54) is 16.9 Å². The number of aryl methyl sites for hydroxylation is 2. The molecule has 0 spiro atoms. The Morgan fingerprint density at radius 1 is 1.33 bits per heavy atom. The first-order valence-electron chi connectivity index (χ1n) is 7.46. The van der Waals surface area contributed by atoms with Gasteiger partial charge in [0.2, 0.25) is 5.88 Å². The summed E-state index contributed by atoms with van der Waals surface area (Å²) in [5.74, 6) is 0.316. The molecule has 0 aliphatic heterocycles. The summed E-state index contributed by atoms with van der Waals surface area (Å²) < 4.78 is 6.89. The lowest BCUT2D eigenvalue weighted by Crippen LogP contribution is -2.11. The SMILES string of the molecule is COc1c(NC(=O)c2cnc(Cc3ccccc3)s2)c(C)nn1C. The van der Waals surface area contributed by atoms with E-state index in [4.69, 9.17) is 4.74 Å². The van der Waals surface area contributed by atoms with Gasteiger partial charge in [-0.1, -0.05) is 30.3 Å². The van der Waals surface area contributed by atoms with Gasteiger partial charge >= 0.3 is 0 Å². The van der Waals surface area contributed by atoms with Crippen LogP contribution in [0.2, 0.25) is 0 Å². The second-order valence-corrected chi connectivity index (χ2v) is 6.44. The summed E-state index contributed by atoms with van der Waals surface area (Å²) in [6, 6.07) is 10.1. The normalized spacial score (nSPS) is 10.6. The number of hydrogen-bond acceptors (Lipinski definition) is 5. The smallest absolute Gasteiger partial charge is 0.267 e. The number of amides is 1. The first kappa shape index (κ1) is 16.2. The molecule has 2 aromatic heterocycles. The Hall–Kier alpha value is -2.67. The molecule has 0 bridgehead atoms. The number of ether oxygens (including phenoxy) is 1. The zero-order valence-corrected chi connectivity index (χ0v) is 14.6. The van der Waals surface area contributed by atoms with Crippen molar-refractivity contribution in [2.75, 3.05) is 12.4 Å². The number of carbonyl (C=O) groups is 1. The van der Waals surface area contributed by atoms with Gasteiger partial charge in [0.25, 0.3) is 5.91 Å². The average molecular weight is 342 g/mol. The Labute approximate surface area is 144 Å². The minimum atomic E-state index is -0.207. The van der Waals surface area contributed by atoms with E-state index in [1.807, 2.05) is 37.3 Å². The highest BCUT2D eigenvalue weighted by Crippen LogP contribution is 2.28. The maximum atomic E-state index is 12.5. The summed E-state index contributed by atoms with van der Waals surface area (Å²) in [4.78, 5) is 17.4. The van der Waals surface area contributed by atoms with Crippen molar-refractivity contribution >= 4 is 22.9 Å². The van der Waals surface area contributed by atoms with Crippen LogP contribution in [-0.2, 0) is 13.5 Å². The first-order chi connectivity index (χ1) is 11.6. The van der Waals surface area contributed by atoms with Gasteiger partial charge < -0.3 is 10.1 Å². The van der Waals surface area contributed by atoms with Gasteiger partial charge in [-0.3, -0.25) is 4.79 Å². The molecule has 0 radical (unpaired) electrons. The van der Waals surface area contributed by atoms with E-state index >= 15 is 0 Å². The molecular weight excluding hydrogens is 324 g/mol. The predicted molar refractivity (Wildman–Crippen MR) is 93.8 cm³/mol. The Morgan fingerprint density at radius 3 is 2.79 bits per heavy atom. The molecule has 0 saturated heterocycles. The molecule has 1 N–H and O–H groups in total. The van der Waals surface area contributed by atoms with Gasteiger partial charge in [0.15, 0.2) is 0 Å². The molecule has 0 atom stereocenters. The van der Waals surface area contributed by atoms with Crippen molar-refractivity contribution in [1.82, 2.24) is 14.8 Å². The third-order valence-corrected chi connectivity index (χ3v) is 4.57. The number of rotatable bonds is 5. The lowest BCUT2D eigenvalue weighted by molar-refractivity contribution is 0.103. The van der Waals surface area contributed by atoms with Crippen LogP contribution >= 0.6 is 11.3 Å². The molecule has 2 heterocycles. The fourth-order valence-electron chi connectivity index (χ4n) is 2.46. The molecule has 3 aromatic rings. The molecule has 24 heavy (non-hydrogen) atoms. The van der Waals surface area contributed by atoms with Gasteiger partial charge in [0, 0.05) is 13.5 Å². The molecular formula is C17H18N4O2S. The summed E-state index contributed by atoms with van der Waals surface area (Å²) in [6.45, 7) is 1.83. The van der Waals surface area contributed by atoms with E-state index in [-0.39, 0.29) is 5.91 Å². The number of carbonyl (C=O) groups excluding carboxylic acids is 1. The highest BCUT2D eigenvalue weighted by Gasteiger charge is 2.18. The first-order valence-corrected chi connectivity index (χ1v) is 8.27. The Bertz CT molecular complexity index is 855. The second kappa shape index (κ2) is 6.84. The third kappa shape index (κ3) is 3.30. The van der Waals surface area contributed by atoms with Crippen molar-refractivity contribution in [3.8, 4) is 5.88 Å². The van der Waals surface area contributed by atoms with Crippen molar-refractivity contribution in [2.45, 2.75) is 13.3 Å². The number of nitrogens with one attached hydrogen (secondary N) is 1. The lowest BCUT2D eigenvalue weighted by Gasteiger charge is -2.05. The summed E-state index contributed by atoms with van der Waals surface area (Å²) in [5, 5.41) is 8.03. The Balaban J connectivity index is 1.75. The minimum absolute atomic E-state index is 0.207. The zero-order valence-electron chi connectivity index (χ0n) is 13.7. The number of methoxy groups -OCH3 is 1. The minimum Gasteiger partial charge on any atom is -0.480 e. The van der Waals surface area contributed by atoms with Gasteiger partial charge in [-0.15, -0.1) is 11.3 Å². The standard InChI is InChI=1S/C17H18N4O2S/c1-11-15(17(23-3)21(2)20-11)19-16(22)13-10-18-14(24-13)9-12-7-5-4-6-8-12/h4-8,10H,9H2,1-3H3,(H,19,22). The van der Waals surface area contributed by atoms with Crippen LogP contribution in [-0.4, -0.2) is 27.8 Å². The van der Waals surface area contributed by atoms with Crippen molar-refractivity contribution < 1.29 is 9.53 Å². The summed E-state index contributed by atoms with van der Waals surface area (Å²) in [7, 11) is 3.32. The van der Waals surface area contributed by atoms with Crippen LogP contribution in [0.1, 0.15) is 25.9 Å². The van der Waals surface area contributed by atoms with Crippen LogP contribution in [0.15, 0.2) is 36.5 Å². The van der Waals surface area contributed by atoms with Gasteiger partial charge in [-0.2, -0.15) is 5.10 Å². The van der Waals surface area contributed by atoms with E-state index in [0.29, 0.717) is 28.6 Å². The molecule has 7 heteroatoms.